The molecule has 0 heterocycles. The standard InChI is InChI=1S/C19H14.C13H5N3O7/c1-13-16-8-4-3-7-15(16)12-19-17(13)11-10-14-6-2-5-9-18(14)19;17-13-9-3-6(14(18)19)1-2-8(9)12-10(13)4-7(15(20)21)5-11(12)16(22)23/h2-12H,1H3;1-5H. The van der Waals surface area contributed by atoms with Crippen LogP contribution in [-0.4, -0.2) is 20.6 Å². The average molecular weight is 558 g/mol. The normalized spacial score (nSPS) is 11.6. The van der Waals surface area contributed by atoms with Crippen LogP contribution in [0.15, 0.2) is 97.1 Å². The molecule has 0 N–H and O–H groups in total. The Morgan fingerprint density at radius 1 is 0.524 bits per heavy atom. The monoisotopic (exact) mass is 557 g/mol. The second kappa shape index (κ2) is 9.86. The maximum Gasteiger partial charge on any atom is 0.284 e. The molecule has 0 unspecified atom stereocenters. The number of non-ortho nitro benzene ring substituents is 2. The summed E-state index contributed by atoms with van der Waals surface area (Å²) in [5.41, 5.74) is -0.353. The van der Waals surface area contributed by atoms with Crippen LogP contribution in [0, 0.1) is 37.3 Å². The van der Waals surface area contributed by atoms with Crippen LogP contribution in [0.3, 0.4) is 0 Å². The number of nitro benzene ring substituents is 3. The summed E-state index contributed by atoms with van der Waals surface area (Å²) in [6, 6.07) is 29.1. The number of carbonyl (C=O) groups excluding carboxylic acids is 1. The zero-order valence-corrected chi connectivity index (χ0v) is 21.9. The molecule has 0 amide bonds. The third-order valence-electron chi connectivity index (χ3n) is 7.52. The summed E-state index contributed by atoms with van der Waals surface area (Å²) in [5.74, 6) is -0.717. The van der Waals surface area contributed by atoms with Crippen LogP contribution >= 0.6 is 0 Å². The van der Waals surface area contributed by atoms with E-state index in [9.17, 15) is 35.1 Å². The van der Waals surface area contributed by atoms with E-state index in [4.69, 9.17) is 0 Å². The molecule has 0 aromatic heterocycles. The zero-order valence-electron chi connectivity index (χ0n) is 21.9. The fraction of sp³-hybridized carbons (Fsp3) is 0.0312. The van der Waals surface area contributed by atoms with Crippen molar-refractivity contribution in [3.05, 3.63) is 144 Å². The topological polar surface area (TPSA) is 146 Å². The number of hydrogen-bond acceptors (Lipinski definition) is 7. The minimum atomic E-state index is -0.841. The number of nitrogens with zero attached hydrogens (tertiary/aromatic N) is 3. The fourth-order valence-electron chi connectivity index (χ4n) is 5.56. The molecule has 6 aromatic rings. The van der Waals surface area contributed by atoms with Crippen LogP contribution in [-0.2, 0) is 0 Å². The van der Waals surface area contributed by atoms with Crippen molar-refractivity contribution < 1.29 is 19.6 Å². The first-order chi connectivity index (χ1) is 20.2. The molecular weight excluding hydrogens is 538 g/mol. The minimum absolute atomic E-state index is 0.0597. The van der Waals surface area contributed by atoms with E-state index in [2.05, 4.69) is 73.7 Å². The van der Waals surface area contributed by atoms with Crippen molar-refractivity contribution >= 4 is 55.2 Å². The fourth-order valence-corrected chi connectivity index (χ4v) is 5.56. The quantitative estimate of drug-likeness (QED) is 0.0923. The number of nitro groups is 3. The van der Waals surface area contributed by atoms with E-state index >= 15 is 0 Å². The Morgan fingerprint density at radius 3 is 1.86 bits per heavy atom. The van der Waals surface area contributed by atoms with Crippen LogP contribution in [0.5, 0.6) is 0 Å². The van der Waals surface area contributed by atoms with Crippen LogP contribution in [0.4, 0.5) is 17.1 Å². The first-order valence-corrected chi connectivity index (χ1v) is 12.8. The van der Waals surface area contributed by atoms with Gasteiger partial charge in [0.1, 0.15) is 0 Å². The molecule has 10 heteroatoms. The van der Waals surface area contributed by atoms with Crippen molar-refractivity contribution in [3.8, 4) is 11.1 Å². The lowest BCUT2D eigenvalue weighted by atomic mass is 9.94. The third-order valence-corrected chi connectivity index (χ3v) is 7.52. The van der Waals surface area contributed by atoms with Gasteiger partial charge in [0.25, 0.3) is 17.1 Å². The second-order valence-corrected chi connectivity index (χ2v) is 9.82. The number of rotatable bonds is 3. The SMILES string of the molecule is Cc1c2ccccc2cc2c1ccc1ccccc12.O=C1c2cc([N+](=O)[O-])ccc2-c2c1cc([N+](=O)[O-])cc2[N+](=O)[O-]. The third kappa shape index (κ3) is 4.18. The smallest absolute Gasteiger partial charge is 0.284 e. The van der Waals surface area contributed by atoms with Gasteiger partial charge in [-0.25, -0.2) is 0 Å². The Kier molecular flexibility index (Phi) is 6.15. The van der Waals surface area contributed by atoms with Gasteiger partial charge in [0.2, 0.25) is 0 Å². The van der Waals surface area contributed by atoms with Gasteiger partial charge in [0.05, 0.1) is 26.4 Å². The summed E-state index contributed by atoms with van der Waals surface area (Å²) < 4.78 is 0. The molecule has 0 aliphatic heterocycles. The van der Waals surface area contributed by atoms with Gasteiger partial charge in [-0.2, -0.15) is 0 Å². The molecule has 1 aliphatic rings. The summed E-state index contributed by atoms with van der Waals surface area (Å²) >= 11 is 0. The number of carbonyl (C=O) groups is 1. The van der Waals surface area contributed by atoms with E-state index in [1.54, 1.807) is 0 Å². The van der Waals surface area contributed by atoms with Gasteiger partial charge in [-0.3, -0.25) is 35.1 Å². The van der Waals surface area contributed by atoms with Crippen molar-refractivity contribution in [1.29, 1.82) is 0 Å². The van der Waals surface area contributed by atoms with Crippen LogP contribution in [0.25, 0.3) is 43.4 Å². The number of aryl methyl sites for hydroxylation is 1. The van der Waals surface area contributed by atoms with E-state index in [1.807, 2.05) is 0 Å². The first-order valence-electron chi connectivity index (χ1n) is 12.8. The Bertz CT molecular complexity index is 2170. The summed E-state index contributed by atoms with van der Waals surface area (Å²) in [6.45, 7) is 2.22. The van der Waals surface area contributed by atoms with E-state index in [0.717, 1.165) is 24.3 Å². The number of fused-ring (bicyclic) bond motifs is 7. The summed E-state index contributed by atoms with van der Waals surface area (Å²) in [5, 5.41) is 40.9. The molecule has 6 aromatic carbocycles. The van der Waals surface area contributed by atoms with Crippen molar-refractivity contribution in [1.82, 2.24) is 0 Å². The lowest BCUT2D eigenvalue weighted by Crippen LogP contribution is -2.00. The molecule has 42 heavy (non-hydrogen) atoms. The lowest BCUT2D eigenvalue weighted by molar-refractivity contribution is -0.393. The van der Waals surface area contributed by atoms with Crippen molar-refractivity contribution in [2.24, 2.45) is 0 Å². The Hall–Kier alpha value is -6.03. The summed E-state index contributed by atoms with van der Waals surface area (Å²) in [7, 11) is 0. The number of hydrogen-bond donors (Lipinski definition) is 0. The number of ketones is 1. The second-order valence-electron chi connectivity index (χ2n) is 9.82. The summed E-state index contributed by atoms with van der Waals surface area (Å²) in [6.07, 6.45) is 0. The zero-order chi connectivity index (χ0) is 29.7. The molecule has 7 rings (SSSR count). The minimum Gasteiger partial charge on any atom is -0.289 e. The van der Waals surface area contributed by atoms with E-state index < -0.39 is 31.9 Å². The predicted molar refractivity (Wildman–Crippen MR) is 159 cm³/mol. The Morgan fingerprint density at radius 2 is 1.17 bits per heavy atom. The molecule has 0 spiro atoms. The van der Waals surface area contributed by atoms with Gasteiger partial charge in [-0.15, -0.1) is 0 Å². The van der Waals surface area contributed by atoms with Crippen LogP contribution in [0.2, 0.25) is 0 Å². The molecule has 0 atom stereocenters. The van der Waals surface area contributed by atoms with Crippen molar-refractivity contribution in [2.45, 2.75) is 6.92 Å². The Labute approximate surface area is 236 Å². The van der Waals surface area contributed by atoms with E-state index in [-0.39, 0.29) is 27.9 Å². The molecule has 0 saturated heterocycles. The van der Waals surface area contributed by atoms with Gasteiger partial charge in [-0.1, -0.05) is 60.7 Å². The molecular formula is C32H19N3O7. The van der Waals surface area contributed by atoms with E-state index in [1.165, 1.54) is 43.9 Å². The highest BCUT2D eigenvalue weighted by atomic mass is 16.6. The highest BCUT2D eigenvalue weighted by molar-refractivity contribution is 6.23. The van der Waals surface area contributed by atoms with Crippen LogP contribution < -0.4 is 0 Å². The first kappa shape index (κ1) is 26.2. The predicted octanol–water partition coefficient (Wildman–Crippen LogP) is 8.08. The van der Waals surface area contributed by atoms with E-state index in [0.29, 0.717) is 0 Å². The molecule has 0 bridgehead atoms. The highest BCUT2D eigenvalue weighted by Gasteiger charge is 2.36. The number of benzene rings is 6. The maximum absolute atomic E-state index is 12.3. The highest BCUT2D eigenvalue weighted by Crippen LogP contribution is 2.45. The molecule has 204 valence electrons. The molecule has 0 radical (unpaired) electrons. The van der Waals surface area contributed by atoms with Crippen molar-refractivity contribution in [2.75, 3.05) is 0 Å². The average Bonchev–Trinajstić information content (AvgIpc) is 3.28. The van der Waals surface area contributed by atoms with Gasteiger partial charge in [-0.05, 0) is 56.9 Å². The van der Waals surface area contributed by atoms with Gasteiger partial charge >= 0.3 is 0 Å². The lowest BCUT2D eigenvalue weighted by Gasteiger charge is -2.10. The maximum atomic E-state index is 12.3. The van der Waals surface area contributed by atoms with Crippen LogP contribution in [0.1, 0.15) is 21.5 Å². The van der Waals surface area contributed by atoms with Gasteiger partial charge in [0.15, 0.2) is 5.78 Å². The largest absolute Gasteiger partial charge is 0.289 e. The van der Waals surface area contributed by atoms with Gasteiger partial charge < -0.3 is 0 Å². The Balaban J connectivity index is 0.000000153. The molecule has 0 saturated carbocycles. The molecule has 10 nitrogen and oxygen atoms in total. The summed E-state index contributed by atoms with van der Waals surface area (Å²) in [4.78, 5) is 42.8. The van der Waals surface area contributed by atoms with Crippen molar-refractivity contribution in [3.63, 3.8) is 0 Å². The molecule has 1 aliphatic carbocycles. The molecule has 0 fully saturated rings. The van der Waals surface area contributed by atoms with Gasteiger partial charge in [0, 0.05) is 34.9 Å².